The SMILES string of the molecule is CCOCCC1(CNC(=NC)N2CC(C)CC(C)C2)CC1.I. The van der Waals surface area contributed by atoms with Crippen molar-refractivity contribution in [2.24, 2.45) is 22.2 Å². The third kappa shape index (κ3) is 5.87. The standard InChI is InChI=1S/C17H33N3O.HI/c1-5-21-9-8-17(6-7-17)13-19-16(18-4)20-11-14(2)10-15(3)12-20;/h14-15H,5-13H2,1-4H3,(H,18,19);1H. The average Bonchev–Trinajstić information content (AvgIpc) is 3.19. The molecule has 0 aromatic carbocycles. The zero-order valence-corrected chi connectivity index (χ0v) is 17.1. The van der Waals surface area contributed by atoms with E-state index >= 15 is 0 Å². The molecule has 0 bridgehead atoms. The Bertz CT molecular complexity index is 348. The van der Waals surface area contributed by atoms with Crippen LogP contribution in [0.2, 0.25) is 0 Å². The van der Waals surface area contributed by atoms with E-state index in [1.54, 1.807) is 0 Å². The van der Waals surface area contributed by atoms with Gasteiger partial charge >= 0.3 is 0 Å². The number of hydrogen-bond acceptors (Lipinski definition) is 2. The molecule has 2 rings (SSSR count). The molecular formula is C17H34IN3O. The van der Waals surface area contributed by atoms with Crippen LogP contribution < -0.4 is 5.32 Å². The minimum absolute atomic E-state index is 0. The highest BCUT2D eigenvalue weighted by molar-refractivity contribution is 14.0. The summed E-state index contributed by atoms with van der Waals surface area (Å²) < 4.78 is 5.52. The summed E-state index contributed by atoms with van der Waals surface area (Å²) in [5, 5.41) is 3.63. The number of ether oxygens (including phenoxy) is 1. The molecule has 2 aliphatic rings. The summed E-state index contributed by atoms with van der Waals surface area (Å²) in [5.41, 5.74) is 0.470. The summed E-state index contributed by atoms with van der Waals surface area (Å²) in [5.74, 6) is 2.62. The van der Waals surface area contributed by atoms with Gasteiger partial charge in [-0.15, -0.1) is 24.0 Å². The van der Waals surface area contributed by atoms with E-state index in [2.05, 4.69) is 36.0 Å². The second-order valence-electron chi connectivity index (χ2n) is 7.20. The first kappa shape index (κ1) is 20.0. The second kappa shape index (κ2) is 9.30. The topological polar surface area (TPSA) is 36.9 Å². The Morgan fingerprint density at radius 1 is 1.27 bits per heavy atom. The van der Waals surface area contributed by atoms with E-state index in [4.69, 9.17) is 4.74 Å². The lowest BCUT2D eigenvalue weighted by atomic mass is 9.92. The molecule has 0 aromatic heterocycles. The molecule has 1 saturated carbocycles. The van der Waals surface area contributed by atoms with Gasteiger partial charge in [-0.25, -0.2) is 0 Å². The predicted molar refractivity (Wildman–Crippen MR) is 104 cm³/mol. The lowest BCUT2D eigenvalue weighted by Crippen LogP contribution is -2.49. The van der Waals surface area contributed by atoms with E-state index in [1.165, 1.54) is 25.7 Å². The first-order valence-electron chi connectivity index (χ1n) is 8.62. The Morgan fingerprint density at radius 2 is 1.91 bits per heavy atom. The van der Waals surface area contributed by atoms with Gasteiger partial charge in [0.25, 0.3) is 0 Å². The molecule has 0 aromatic rings. The van der Waals surface area contributed by atoms with Crippen LogP contribution in [-0.4, -0.2) is 50.8 Å². The van der Waals surface area contributed by atoms with Crippen LogP contribution in [0.4, 0.5) is 0 Å². The van der Waals surface area contributed by atoms with Gasteiger partial charge in [0.1, 0.15) is 0 Å². The smallest absolute Gasteiger partial charge is 0.193 e. The Hall–Kier alpha value is -0.0400. The number of likely N-dealkylation sites (tertiary alicyclic amines) is 1. The first-order chi connectivity index (χ1) is 10.1. The lowest BCUT2D eigenvalue weighted by Gasteiger charge is -2.37. The van der Waals surface area contributed by atoms with Gasteiger partial charge in [0.15, 0.2) is 5.96 Å². The minimum atomic E-state index is 0. The van der Waals surface area contributed by atoms with E-state index in [1.807, 2.05) is 7.05 Å². The Balaban J connectivity index is 0.00000242. The van der Waals surface area contributed by atoms with Gasteiger partial charge in [0, 0.05) is 39.9 Å². The van der Waals surface area contributed by atoms with Crippen LogP contribution in [-0.2, 0) is 4.74 Å². The van der Waals surface area contributed by atoms with Crippen molar-refractivity contribution in [1.29, 1.82) is 0 Å². The molecule has 1 saturated heterocycles. The molecule has 130 valence electrons. The van der Waals surface area contributed by atoms with E-state index < -0.39 is 0 Å². The zero-order chi connectivity index (χ0) is 15.3. The van der Waals surface area contributed by atoms with Gasteiger partial charge in [-0.1, -0.05) is 13.8 Å². The van der Waals surface area contributed by atoms with Crippen molar-refractivity contribution in [2.75, 3.05) is 39.9 Å². The van der Waals surface area contributed by atoms with Gasteiger partial charge in [0.05, 0.1) is 0 Å². The Kier molecular flexibility index (Phi) is 8.46. The Labute approximate surface area is 153 Å². The van der Waals surface area contributed by atoms with Crippen LogP contribution in [0.1, 0.15) is 46.5 Å². The van der Waals surface area contributed by atoms with Crippen LogP contribution in [0.15, 0.2) is 4.99 Å². The number of nitrogens with one attached hydrogen (secondary N) is 1. The number of halogens is 1. The van der Waals surface area contributed by atoms with Crippen LogP contribution in [0.5, 0.6) is 0 Å². The molecule has 0 amide bonds. The molecule has 2 atom stereocenters. The summed E-state index contributed by atoms with van der Waals surface area (Å²) in [6.45, 7) is 11.8. The van der Waals surface area contributed by atoms with E-state index in [0.717, 1.165) is 50.6 Å². The summed E-state index contributed by atoms with van der Waals surface area (Å²) in [4.78, 5) is 6.95. The summed E-state index contributed by atoms with van der Waals surface area (Å²) >= 11 is 0. The molecule has 2 fully saturated rings. The van der Waals surface area contributed by atoms with Gasteiger partial charge in [-0.05, 0) is 49.9 Å². The molecule has 2 unspecified atom stereocenters. The number of aliphatic imine (C=N–C) groups is 1. The van der Waals surface area contributed by atoms with Crippen molar-refractivity contribution in [1.82, 2.24) is 10.2 Å². The van der Waals surface area contributed by atoms with Crippen molar-refractivity contribution in [3.8, 4) is 0 Å². The van der Waals surface area contributed by atoms with E-state index in [0.29, 0.717) is 5.41 Å². The van der Waals surface area contributed by atoms with Crippen molar-refractivity contribution >= 4 is 29.9 Å². The monoisotopic (exact) mass is 423 g/mol. The zero-order valence-electron chi connectivity index (χ0n) is 14.7. The second-order valence-corrected chi connectivity index (χ2v) is 7.20. The number of nitrogens with zero attached hydrogens (tertiary/aromatic N) is 2. The number of hydrogen-bond donors (Lipinski definition) is 1. The highest BCUT2D eigenvalue weighted by atomic mass is 127. The van der Waals surface area contributed by atoms with Crippen molar-refractivity contribution < 1.29 is 4.74 Å². The largest absolute Gasteiger partial charge is 0.382 e. The van der Waals surface area contributed by atoms with Gasteiger partial charge < -0.3 is 15.0 Å². The van der Waals surface area contributed by atoms with Crippen LogP contribution in [0, 0.1) is 17.3 Å². The van der Waals surface area contributed by atoms with Gasteiger partial charge in [-0.2, -0.15) is 0 Å². The summed E-state index contributed by atoms with van der Waals surface area (Å²) in [7, 11) is 1.91. The Morgan fingerprint density at radius 3 is 2.41 bits per heavy atom. The molecule has 22 heavy (non-hydrogen) atoms. The molecule has 5 heteroatoms. The predicted octanol–water partition coefficient (Wildman–Crippen LogP) is 3.36. The van der Waals surface area contributed by atoms with E-state index in [-0.39, 0.29) is 24.0 Å². The normalized spacial score (nSPS) is 27.3. The maximum atomic E-state index is 5.52. The molecule has 0 radical (unpaired) electrons. The average molecular weight is 423 g/mol. The molecule has 4 nitrogen and oxygen atoms in total. The molecule has 1 aliphatic heterocycles. The van der Waals surface area contributed by atoms with Crippen molar-refractivity contribution in [2.45, 2.75) is 46.5 Å². The third-order valence-corrected chi connectivity index (χ3v) is 4.94. The summed E-state index contributed by atoms with van der Waals surface area (Å²) in [6, 6.07) is 0. The number of rotatable bonds is 6. The first-order valence-corrected chi connectivity index (χ1v) is 8.62. The minimum Gasteiger partial charge on any atom is -0.382 e. The van der Waals surface area contributed by atoms with Crippen LogP contribution in [0.3, 0.4) is 0 Å². The molecular weight excluding hydrogens is 389 g/mol. The maximum Gasteiger partial charge on any atom is 0.193 e. The fourth-order valence-electron chi connectivity index (χ4n) is 3.56. The lowest BCUT2D eigenvalue weighted by molar-refractivity contribution is 0.128. The highest BCUT2D eigenvalue weighted by Gasteiger charge is 2.42. The molecule has 0 spiro atoms. The van der Waals surface area contributed by atoms with Gasteiger partial charge in [0.2, 0.25) is 0 Å². The van der Waals surface area contributed by atoms with E-state index in [9.17, 15) is 0 Å². The van der Waals surface area contributed by atoms with Crippen LogP contribution >= 0.6 is 24.0 Å². The van der Waals surface area contributed by atoms with Crippen molar-refractivity contribution in [3.63, 3.8) is 0 Å². The highest BCUT2D eigenvalue weighted by Crippen LogP contribution is 2.48. The fraction of sp³-hybridized carbons (Fsp3) is 0.941. The molecule has 1 heterocycles. The fourth-order valence-corrected chi connectivity index (χ4v) is 3.56. The summed E-state index contributed by atoms with van der Waals surface area (Å²) in [6.07, 6.45) is 5.18. The molecule has 1 N–H and O–H groups in total. The maximum absolute atomic E-state index is 5.52. The number of piperidine rings is 1. The third-order valence-electron chi connectivity index (χ3n) is 4.94. The number of guanidine groups is 1. The van der Waals surface area contributed by atoms with Crippen LogP contribution in [0.25, 0.3) is 0 Å². The molecule has 1 aliphatic carbocycles. The van der Waals surface area contributed by atoms with Gasteiger partial charge in [-0.3, -0.25) is 4.99 Å². The quantitative estimate of drug-likeness (QED) is 0.308. The van der Waals surface area contributed by atoms with Crippen molar-refractivity contribution in [3.05, 3.63) is 0 Å².